The number of halogens is 1. The molecule has 0 saturated heterocycles. The first kappa shape index (κ1) is 12.9. The van der Waals surface area contributed by atoms with Crippen LogP contribution in [0.4, 0.5) is 5.69 Å². The van der Waals surface area contributed by atoms with Gasteiger partial charge < -0.3 is 10.0 Å². The third kappa shape index (κ3) is 3.45. The lowest BCUT2D eigenvalue weighted by Crippen LogP contribution is -2.26. The van der Waals surface area contributed by atoms with E-state index in [2.05, 4.69) is 9.88 Å². The van der Waals surface area contributed by atoms with Gasteiger partial charge in [-0.15, -0.1) is 0 Å². The topological polar surface area (TPSA) is 36.4 Å². The van der Waals surface area contributed by atoms with Gasteiger partial charge in [0.05, 0.1) is 23.9 Å². The predicted octanol–water partition coefficient (Wildman–Crippen LogP) is 2.73. The Kier molecular flexibility index (Phi) is 4.56. The van der Waals surface area contributed by atoms with Crippen molar-refractivity contribution in [2.24, 2.45) is 0 Å². The molecule has 1 N–H and O–H groups in total. The van der Waals surface area contributed by atoms with Crippen LogP contribution in [0.5, 0.6) is 0 Å². The molecule has 0 spiro atoms. The van der Waals surface area contributed by atoms with Crippen molar-refractivity contribution in [3.8, 4) is 0 Å². The van der Waals surface area contributed by atoms with Gasteiger partial charge in [-0.3, -0.25) is 4.98 Å². The van der Waals surface area contributed by atoms with Crippen LogP contribution in [0, 0.1) is 0 Å². The van der Waals surface area contributed by atoms with Crippen molar-refractivity contribution in [1.82, 2.24) is 4.98 Å². The largest absolute Gasteiger partial charge is 0.395 e. The minimum atomic E-state index is 0.114. The lowest BCUT2D eigenvalue weighted by molar-refractivity contribution is 0.301. The first-order valence-electron chi connectivity index (χ1n) is 5.81. The number of nitrogens with zero attached hydrogens (tertiary/aromatic N) is 2. The van der Waals surface area contributed by atoms with Gasteiger partial charge in [0.1, 0.15) is 0 Å². The molecule has 0 aliphatic heterocycles. The van der Waals surface area contributed by atoms with Gasteiger partial charge in [-0.1, -0.05) is 29.8 Å². The van der Waals surface area contributed by atoms with Crippen molar-refractivity contribution in [2.45, 2.75) is 6.54 Å². The zero-order valence-corrected chi connectivity index (χ0v) is 10.7. The number of aromatic nitrogens is 1. The molecule has 1 aromatic carbocycles. The average molecular weight is 263 g/mol. The Bertz CT molecular complexity index is 473. The van der Waals surface area contributed by atoms with Crippen LogP contribution in [0.25, 0.3) is 0 Å². The second-order valence-corrected chi connectivity index (χ2v) is 4.38. The number of hydrogen-bond acceptors (Lipinski definition) is 3. The number of pyridine rings is 1. The molecule has 2 aromatic rings. The fourth-order valence-electron chi connectivity index (χ4n) is 1.75. The lowest BCUT2D eigenvalue weighted by Gasteiger charge is -2.23. The fraction of sp³-hybridized carbons (Fsp3) is 0.214. The van der Waals surface area contributed by atoms with Crippen LogP contribution in [0.1, 0.15) is 5.69 Å². The molecule has 0 aliphatic carbocycles. The van der Waals surface area contributed by atoms with E-state index in [4.69, 9.17) is 16.7 Å². The highest BCUT2D eigenvalue weighted by molar-refractivity contribution is 6.30. The summed E-state index contributed by atoms with van der Waals surface area (Å²) in [6.45, 7) is 1.35. The number of hydrogen-bond donors (Lipinski definition) is 1. The summed E-state index contributed by atoms with van der Waals surface area (Å²) in [5, 5.41) is 9.77. The Morgan fingerprint density at radius 2 is 1.89 bits per heavy atom. The minimum Gasteiger partial charge on any atom is -0.395 e. The maximum atomic E-state index is 9.14. The normalized spacial score (nSPS) is 10.3. The van der Waals surface area contributed by atoms with Crippen molar-refractivity contribution in [2.75, 3.05) is 18.1 Å². The summed E-state index contributed by atoms with van der Waals surface area (Å²) in [5.74, 6) is 0. The molecule has 94 valence electrons. The summed E-state index contributed by atoms with van der Waals surface area (Å²) >= 11 is 5.81. The highest BCUT2D eigenvalue weighted by Gasteiger charge is 2.07. The third-order valence-electron chi connectivity index (χ3n) is 2.63. The fourth-order valence-corrected chi connectivity index (χ4v) is 1.87. The summed E-state index contributed by atoms with van der Waals surface area (Å²) in [5.41, 5.74) is 2.00. The summed E-state index contributed by atoms with van der Waals surface area (Å²) in [6, 6.07) is 13.7. The molecule has 18 heavy (non-hydrogen) atoms. The van der Waals surface area contributed by atoms with E-state index in [1.165, 1.54) is 0 Å². The second kappa shape index (κ2) is 6.38. The van der Waals surface area contributed by atoms with Gasteiger partial charge in [0.25, 0.3) is 0 Å². The van der Waals surface area contributed by atoms with Crippen molar-refractivity contribution in [3.05, 3.63) is 59.4 Å². The number of anilines is 1. The Labute approximate surface area is 112 Å². The van der Waals surface area contributed by atoms with Gasteiger partial charge in [0, 0.05) is 18.4 Å². The molecule has 0 amide bonds. The highest BCUT2D eigenvalue weighted by Crippen LogP contribution is 2.16. The first-order valence-corrected chi connectivity index (χ1v) is 6.18. The molecule has 0 aliphatic rings. The van der Waals surface area contributed by atoms with Crippen LogP contribution in [0.15, 0.2) is 48.7 Å². The van der Waals surface area contributed by atoms with Crippen LogP contribution in [0.3, 0.4) is 0 Å². The maximum Gasteiger partial charge on any atom is 0.0606 e. The third-order valence-corrected chi connectivity index (χ3v) is 2.86. The number of para-hydroxylation sites is 1. The SMILES string of the molecule is OCCN(Cc1ccc(Cl)cn1)c1ccccc1. The van der Waals surface area contributed by atoms with E-state index in [0.29, 0.717) is 18.1 Å². The monoisotopic (exact) mass is 262 g/mol. The highest BCUT2D eigenvalue weighted by atomic mass is 35.5. The van der Waals surface area contributed by atoms with Crippen LogP contribution in [0.2, 0.25) is 5.02 Å². The van der Waals surface area contributed by atoms with E-state index in [-0.39, 0.29) is 6.61 Å². The van der Waals surface area contributed by atoms with Crippen molar-refractivity contribution in [1.29, 1.82) is 0 Å². The first-order chi connectivity index (χ1) is 8.79. The van der Waals surface area contributed by atoms with Crippen LogP contribution < -0.4 is 4.90 Å². The smallest absolute Gasteiger partial charge is 0.0606 e. The molecular weight excluding hydrogens is 248 g/mol. The van der Waals surface area contributed by atoms with E-state index >= 15 is 0 Å². The van der Waals surface area contributed by atoms with Gasteiger partial charge in [0.2, 0.25) is 0 Å². The van der Waals surface area contributed by atoms with Crippen molar-refractivity contribution < 1.29 is 5.11 Å². The maximum absolute atomic E-state index is 9.14. The molecule has 0 unspecified atom stereocenters. The number of aliphatic hydroxyl groups is 1. The Balaban J connectivity index is 2.14. The zero-order chi connectivity index (χ0) is 12.8. The molecule has 4 heteroatoms. The van der Waals surface area contributed by atoms with Crippen molar-refractivity contribution in [3.63, 3.8) is 0 Å². The molecule has 0 saturated carbocycles. The average Bonchev–Trinajstić information content (AvgIpc) is 2.42. The second-order valence-electron chi connectivity index (χ2n) is 3.95. The number of rotatable bonds is 5. The van der Waals surface area contributed by atoms with Crippen molar-refractivity contribution >= 4 is 17.3 Å². The molecule has 1 aromatic heterocycles. The summed E-state index contributed by atoms with van der Waals surface area (Å²) in [4.78, 5) is 6.35. The van der Waals surface area contributed by atoms with Gasteiger partial charge >= 0.3 is 0 Å². The summed E-state index contributed by atoms with van der Waals surface area (Å²) in [6.07, 6.45) is 1.64. The molecule has 0 atom stereocenters. The zero-order valence-electron chi connectivity index (χ0n) is 9.96. The lowest BCUT2D eigenvalue weighted by atomic mass is 10.2. The van der Waals surface area contributed by atoms with Gasteiger partial charge in [-0.25, -0.2) is 0 Å². The predicted molar refractivity (Wildman–Crippen MR) is 73.8 cm³/mol. The molecular formula is C14H15ClN2O. The molecule has 1 heterocycles. The Morgan fingerprint density at radius 1 is 1.11 bits per heavy atom. The molecule has 2 rings (SSSR count). The standard InChI is InChI=1S/C14H15ClN2O/c15-12-6-7-13(16-10-12)11-17(8-9-18)14-4-2-1-3-5-14/h1-7,10,18H,8-9,11H2. The van der Waals surface area contributed by atoms with E-state index in [9.17, 15) is 0 Å². The van der Waals surface area contributed by atoms with E-state index < -0.39 is 0 Å². The van der Waals surface area contributed by atoms with Gasteiger partial charge in [0.15, 0.2) is 0 Å². The quantitative estimate of drug-likeness (QED) is 0.900. The van der Waals surface area contributed by atoms with Crippen LogP contribution >= 0.6 is 11.6 Å². The molecule has 0 fully saturated rings. The minimum absolute atomic E-state index is 0.114. The van der Waals surface area contributed by atoms with E-state index in [1.807, 2.05) is 42.5 Å². The molecule has 0 radical (unpaired) electrons. The Hall–Kier alpha value is -1.58. The number of benzene rings is 1. The molecule has 3 nitrogen and oxygen atoms in total. The van der Waals surface area contributed by atoms with Gasteiger partial charge in [-0.2, -0.15) is 0 Å². The number of aliphatic hydroxyl groups excluding tert-OH is 1. The summed E-state index contributed by atoms with van der Waals surface area (Å²) < 4.78 is 0. The van der Waals surface area contributed by atoms with E-state index in [1.54, 1.807) is 6.20 Å². The van der Waals surface area contributed by atoms with Gasteiger partial charge in [-0.05, 0) is 24.3 Å². The van der Waals surface area contributed by atoms with Crippen LogP contribution in [-0.4, -0.2) is 23.2 Å². The van der Waals surface area contributed by atoms with E-state index in [0.717, 1.165) is 11.4 Å². The molecule has 0 bridgehead atoms. The van der Waals surface area contributed by atoms with Crippen LogP contribution in [-0.2, 0) is 6.54 Å². The summed E-state index contributed by atoms with van der Waals surface area (Å²) in [7, 11) is 0. The Morgan fingerprint density at radius 3 is 2.50 bits per heavy atom.